The number of rotatable bonds is 6. The molecular weight excluding hydrogens is 363 g/mol. The zero-order valence-corrected chi connectivity index (χ0v) is 14.9. The first kappa shape index (κ1) is 19.7. The Hall–Kier alpha value is -2.60. The van der Waals surface area contributed by atoms with Crippen molar-refractivity contribution in [3.8, 4) is 6.07 Å². The molecule has 9 heteroatoms. The van der Waals surface area contributed by atoms with Crippen LogP contribution in [0.2, 0.25) is 0 Å². The van der Waals surface area contributed by atoms with Crippen molar-refractivity contribution in [3.63, 3.8) is 0 Å². The van der Waals surface area contributed by atoms with Gasteiger partial charge in [-0.2, -0.15) is 18.4 Å². The second-order valence-electron chi connectivity index (χ2n) is 5.31. The lowest BCUT2D eigenvalue weighted by Crippen LogP contribution is -2.38. The number of alkyl halides is 3. The van der Waals surface area contributed by atoms with E-state index in [0.29, 0.717) is 42.6 Å². The summed E-state index contributed by atoms with van der Waals surface area (Å²) in [6, 6.07) is 9.24. The number of aliphatic imine (C=N–C) groups is 1. The molecule has 1 aromatic carbocycles. The van der Waals surface area contributed by atoms with Crippen molar-refractivity contribution in [2.45, 2.75) is 26.1 Å². The summed E-state index contributed by atoms with van der Waals surface area (Å²) in [4.78, 5) is 8.02. The van der Waals surface area contributed by atoms with Crippen molar-refractivity contribution in [3.05, 3.63) is 51.5 Å². The molecule has 0 saturated carbocycles. The third-order valence-electron chi connectivity index (χ3n) is 3.29. The first-order valence-corrected chi connectivity index (χ1v) is 8.83. The van der Waals surface area contributed by atoms with Gasteiger partial charge in [0.2, 0.25) is 0 Å². The van der Waals surface area contributed by atoms with E-state index in [1.165, 1.54) is 0 Å². The third kappa shape index (κ3) is 6.04. The van der Waals surface area contributed by atoms with Crippen LogP contribution in [0.25, 0.3) is 0 Å². The largest absolute Gasteiger partial charge is 0.434 e. The molecule has 0 fully saturated rings. The van der Waals surface area contributed by atoms with Gasteiger partial charge in [0.1, 0.15) is 0 Å². The molecule has 0 amide bonds. The molecule has 0 aliphatic rings. The predicted octanol–water partition coefficient (Wildman–Crippen LogP) is 3.33. The van der Waals surface area contributed by atoms with Gasteiger partial charge in [-0.1, -0.05) is 12.1 Å². The Morgan fingerprint density at radius 2 is 2.15 bits per heavy atom. The quantitative estimate of drug-likeness (QED) is 0.595. The maximum absolute atomic E-state index is 12.5. The topological polar surface area (TPSA) is 73.1 Å². The molecular formula is C17H18F3N5S. The highest BCUT2D eigenvalue weighted by molar-refractivity contribution is 7.09. The first-order chi connectivity index (χ1) is 12.4. The van der Waals surface area contributed by atoms with Gasteiger partial charge in [0.25, 0.3) is 0 Å². The van der Waals surface area contributed by atoms with Gasteiger partial charge in [0.15, 0.2) is 11.7 Å². The normalized spacial score (nSPS) is 11.9. The van der Waals surface area contributed by atoms with Gasteiger partial charge in [0, 0.05) is 24.9 Å². The molecule has 0 saturated heterocycles. The lowest BCUT2D eigenvalue weighted by Gasteiger charge is -2.10. The second kappa shape index (κ2) is 9.20. The maximum atomic E-state index is 12.5. The number of halogens is 3. The number of aromatic nitrogens is 1. The molecule has 0 atom stereocenters. The smallest absolute Gasteiger partial charge is 0.357 e. The van der Waals surface area contributed by atoms with Crippen molar-refractivity contribution < 1.29 is 13.2 Å². The summed E-state index contributed by atoms with van der Waals surface area (Å²) in [5, 5.41) is 16.5. The minimum atomic E-state index is -4.41. The van der Waals surface area contributed by atoms with E-state index in [-0.39, 0.29) is 0 Å². The minimum absolute atomic E-state index is 0.370. The van der Waals surface area contributed by atoms with Crippen LogP contribution in [0, 0.1) is 11.3 Å². The van der Waals surface area contributed by atoms with E-state index in [1.54, 1.807) is 18.2 Å². The monoisotopic (exact) mass is 381 g/mol. The van der Waals surface area contributed by atoms with Gasteiger partial charge in [-0.15, -0.1) is 11.3 Å². The number of guanidine groups is 1. The van der Waals surface area contributed by atoms with Gasteiger partial charge in [-0.25, -0.2) is 9.98 Å². The van der Waals surface area contributed by atoms with Crippen molar-refractivity contribution in [2.75, 3.05) is 13.1 Å². The number of nitrogens with one attached hydrogen (secondary N) is 2. The minimum Gasteiger partial charge on any atom is -0.357 e. The summed E-state index contributed by atoms with van der Waals surface area (Å²) in [5.41, 5.74) is 0.617. The number of thiazole rings is 1. The average Bonchev–Trinajstić information content (AvgIpc) is 3.09. The van der Waals surface area contributed by atoms with Gasteiger partial charge in [0.05, 0.1) is 23.2 Å². The fourth-order valence-electron chi connectivity index (χ4n) is 2.10. The molecule has 26 heavy (non-hydrogen) atoms. The standard InChI is InChI=1S/C17H18F3N5S/c1-2-22-16(24-10-13-5-3-4-12(8-13)9-21)23-7-6-15-25-14(11-26-15)17(18,19)20/h3-5,8,11H,2,6-7,10H2,1H3,(H2,22,23,24). The average molecular weight is 381 g/mol. The van der Waals surface area contributed by atoms with Crippen LogP contribution in [0.15, 0.2) is 34.6 Å². The predicted molar refractivity (Wildman–Crippen MR) is 94.8 cm³/mol. The molecule has 1 aromatic heterocycles. The lowest BCUT2D eigenvalue weighted by atomic mass is 10.1. The summed E-state index contributed by atoms with van der Waals surface area (Å²) < 4.78 is 37.6. The molecule has 2 aromatic rings. The molecule has 2 N–H and O–H groups in total. The van der Waals surface area contributed by atoms with E-state index in [9.17, 15) is 13.2 Å². The Kier molecular flexibility index (Phi) is 6.97. The lowest BCUT2D eigenvalue weighted by molar-refractivity contribution is -0.140. The summed E-state index contributed by atoms with van der Waals surface area (Å²) in [6.07, 6.45) is -4.04. The van der Waals surface area contributed by atoms with Crippen LogP contribution in [0.3, 0.4) is 0 Å². The SMILES string of the molecule is CCNC(=NCc1cccc(C#N)c1)NCCc1nc(C(F)(F)F)cs1. The zero-order chi connectivity index (χ0) is 19.0. The van der Waals surface area contributed by atoms with Gasteiger partial charge in [-0.3, -0.25) is 0 Å². The van der Waals surface area contributed by atoms with Gasteiger partial charge < -0.3 is 10.6 Å². The number of benzene rings is 1. The Bertz CT molecular complexity index is 792. The summed E-state index contributed by atoms with van der Waals surface area (Å²) in [5.74, 6) is 0.558. The van der Waals surface area contributed by atoms with E-state index in [4.69, 9.17) is 5.26 Å². The molecule has 0 aliphatic carbocycles. The number of hydrogen-bond donors (Lipinski definition) is 2. The Balaban J connectivity index is 1.91. The van der Waals surface area contributed by atoms with E-state index in [1.807, 2.05) is 13.0 Å². The summed E-state index contributed by atoms with van der Waals surface area (Å²) >= 11 is 0.994. The molecule has 0 aliphatic heterocycles. The number of nitrogens with zero attached hydrogens (tertiary/aromatic N) is 3. The molecule has 2 rings (SSSR count). The van der Waals surface area contributed by atoms with Crippen LogP contribution in [0.1, 0.15) is 28.8 Å². The van der Waals surface area contributed by atoms with Crippen molar-refractivity contribution in [1.82, 2.24) is 15.6 Å². The van der Waals surface area contributed by atoms with Gasteiger partial charge in [-0.05, 0) is 24.6 Å². The number of nitriles is 1. The second-order valence-corrected chi connectivity index (χ2v) is 6.25. The van der Waals surface area contributed by atoms with Crippen LogP contribution in [0.5, 0.6) is 0 Å². The van der Waals surface area contributed by atoms with E-state index < -0.39 is 11.9 Å². The van der Waals surface area contributed by atoms with Crippen molar-refractivity contribution in [2.24, 2.45) is 4.99 Å². The third-order valence-corrected chi connectivity index (χ3v) is 4.20. The van der Waals surface area contributed by atoms with Crippen LogP contribution < -0.4 is 10.6 Å². The molecule has 138 valence electrons. The molecule has 0 unspecified atom stereocenters. The van der Waals surface area contributed by atoms with Crippen LogP contribution in [-0.4, -0.2) is 24.0 Å². The summed E-state index contributed by atoms with van der Waals surface area (Å²) in [6.45, 7) is 3.37. The highest BCUT2D eigenvalue weighted by atomic mass is 32.1. The van der Waals surface area contributed by atoms with Gasteiger partial charge >= 0.3 is 6.18 Å². The Labute approximate surface area is 153 Å². The highest BCUT2D eigenvalue weighted by Gasteiger charge is 2.33. The Morgan fingerprint density at radius 3 is 2.81 bits per heavy atom. The van der Waals surface area contributed by atoms with Crippen molar-refractivity contribution in [1.29, 1.82) is 5.26 Å². The zero-order valence-electron chi connectivity index (χ0n) is 14.1. The van der Waals surface area contributed by atoms with Crippen molar-refractivity contribution >= 4 is 17.3 Å². The highest BCUT2D eigenvalue weighted by Crippen LogP contribution is 2.29. The number of hydrogen-bond acceptors (Lipinski definition) is 4. The molecule has 1 heterocycles. The summed E-state index contributed by atoms with van der Waals surface area (Å²) in [7, 11) is 0. The van der Waals surface area contributed by atoms with E-state index in [2.05, 4.69) is 26.7 Å². The Morgan fingerprint density at radius 1 is 1.35 bits per heavy atom. The van der Waals surface area contributed by atoms with Crippen LogP contribution in [0.4, 0.5) is 13.2 Å². The van der Waals surface area contributed by atoms with Crippen LogP contribution >= 0.6 is 11.3 Å². The molecule has 0 radical (unpaired) electrons. The van der Waals surface area contributed by atoms with E-state index in [0.717, 1.165) is 22.3 Å². The molecule has 0 bridgehead atoms. The van der Waals surface area contributed by atoms with Crippen LogP contribution in [-0.2, 0) is 19.1 Å². The maximum Gasteiger partial charge on any atom is 0.434 e. The van der Waals surface area contributed by atoms with E-state index >= 15 is 0 Å². The first-order valence-electron chi connectivity index (χ1n) is 7.95. The molecule has 5 nitrogen and oxygen atoms in total. The fraction of sp³-hybridized carbons (Fsp3) is 0.353. The fourth-order valence-corrected chi connectivity index (χ4v) is 2.90. The molecule has 0 spiro atoms.